The van der Waals surface area contributed by atoms with Crippen LogP contribution in [0.2, 0.25) is 5.02 Å². The van der Waals surface area contributed by atoms with Gasteiger partial charge in [0.1, 0.15) is 0 Å². The topological polar surface area (TPSA) is 102 Å². The summed E-state index contributed by atoms with van der Waals surface area (Å²) in [5, 5.41) is 16.1. The third-order valence-electron chi connectivity index (χ3n) is 5.83. The lowest BCUT2D eigenvalue weighted by molar-refractivity contribution is -0.113. The Hall–Kier alpha value is -3.47. The molecule has 2 N–H and O–H groups in total. The van der Waals surface area contributed by atoms with Gasteiger partial charge in [-0.25, -0.2) is 4.98 Å². The highest BCUT2D eigenvalue weighted by atomic mass is 35.5. The number of amides is 2. The van der Waals surface area contributed by atoms with Crippen molar-refractivity contribution in [3.8, 4) is 11.3 Å². The van der Waals surface area contributed by atoms with E-state index in [9.17, 15) is 9.59 Å². The number of carbonyl (C=O) groups excluding carboxylic acids is 2. The van der Waals surface area contributed by atoms with Crippen LogP contribution < -0.4 is 10.6 Å². The van der Waals surface area contributed by atoms with Gasteiger partial charge in [-0.2, -0.15) is 0 Å². The van der Waals surface area contributed by atoms with Gasteiger partial charge in [-0.05, 0) is 25.0 Å². The number of carbonyl (C=O) groups is 2. The third kappa shape index (κ3) is 6.95. The fourth-order valence-electron chi connectivity index (χ4n) is 3.93. The number of hydrogen-bond donors (Lipinski definition) is 2. The summed E-state index contributed by atoms with van der Waals surface area (Å²) in [5.41, 5.74) is 2.25. The molecular weight excluding hydrogens is 552 g/mol. The molecule has 8 nitrogen and oxygen atoms in total. The molecule has 2 heterocycles. The second-order valence-electron chi connectivity index (χ2n) is 9.04. The summed E-state index contributed by atoms with van der Waals surface area (Å²) >= 11 is 8.93. The minimum absolute atomic E-state index is 0.0114. The predicted octanol–water partition coefficient (Wildman–Crippen LogP) is 6.41. The number of thiazole rings is 1. The van der Waals surface area contributed by atoms with Crippen molar-refractivity contribution in [3.63, 3.8) is 0 Å². The zero-order valence-electron chi connectivity index (χ0n) is 21.8. The van der Waals surface area contributed by atoms with Crippen molar-refractivity contribution in [2.24, 2.45) is 5.92 Å². The standard InChI is InChI=1S/C28H29ClN6O2S2/c1-5-15-35-25(23(17(2)3)31-26(37)20-13-9-10-14-21(20)29)33-34-28(35)38-16-22(36)30-27-32-24(18(4)39-27)19-11-7-6-8-12-19/h5-14,17,23H,1,15-16H2,2-4H3,(H,31,37)(H,30,32,36). The lowest BCUT2D eigenvalue weighted by atomic mass is 10.0. The Morgan fingerprint density at radius 3 is 2.54 bits per heavy atom. The van der Waals surface area contributed by atoms with Gasteiger partial charge in [-0.3, -0.25) is 9.59 Å². The van der Waals surface area contributed by atoms with Crippen LogP contribution >= 0.6 is 34.7 Å². The van der Waals surface area contributed by atoms with Gasteiger partial charge in [0, 0.05) is 17.0 Å². The Balaban J connectivity index is 1.46. The average Bonchev–Trinajstić information content (AvgIpc) is 3.49. The van der Waals surface area contributed by atoms with E-state index in [0.717, 1.165) is 16.1 Å². The first kappa shape index (κ1) is 28.5. The Bertz CT molecular complexity index is 1470. The first-order valence-electron chi connectivity index (χ1n) is 12.3. The van der Waals surface area contributed by atoms with Crippen molar-refractivity contribution in [1.29, 1.82) is 0 Å². The fraction of sp³-hybridized carbons (Fsp3) is 0.250. The number of allylic oxidation sites excluding steroid dienone is 1. The molecule has 202 valence electrons. The van der Waals surface area contributed by atoms with Crippen LogP contribution in [0.4, 0.5) is 5.13 Å². The van der Waals surface area contributed by atoms with Gasteiger partial charge < -0.3 is 15.2 Å². The van der Waals surface area contributed by atoms with Gasteiger partial charge in [0.25, 0.3) is 5.91 Å². The van der Waals surface area contributed by atoms with Crippen molar-refractivity contribution in [3.05, 3.63) is 88.5 Å². The number of aryl methyl sites for hydroxylation is 1. The van der Waals surface area contributed by atoms with Crippen LogP contribution in [-0.4, -0.2) is 37.3 Å². The number of aromatic nitrogens is 4. The molecule has 1 atom stereocenters. The Labute approximate surface area is 240 Å². The third-order valence-corrected chi connectivity index (χ3v) is 8.01. The van der Waals surface area contributed by atoms with E-state index < -0.39 is 6.04 Å². The molecule has 4 aromatic rings. The molecule has 0 saturated carbocycles. The van der Waals surface area contributed by atoms with Gasteiger partial charge >= 0.3 is 0 Å². The number of rotatable bonds is 11. The molecule has 2 aromatic carbocycles. The first-order valence-corrected chi connectivity index (χ1v) is 14.5. The molecule has 0 aliphatic heterocycles. The van der Waals surface area contributed by atoms with Crippen molar-refractivity contribution in [1.82, 2.24) is 25.1 Å². The van der Waals surface area contributed by atoms with Gasteiger partial charge in [-0.15, -0.1) is 28.1 Å². The van der Waals surface area contributed by atoms with Gasteiger partial charge in [0.15, 0.2) is 16.1 Å². The molecule has 0 fully saturated rings. The van der Waals surface area contributed by atoms with Crippen molar-refractivity contribution in [2.75, 3.05) is 11.1 Å². The Kier molecular flexibility index (Phi) is 9.55. The van der Waals surface area contributed by atoms with Crippen molar-refractivity contribution < 1.29 is 9.59 Å². The van der Waals surface area contributed by atoms with Gasteiger partial charge in [-0.1, -0.05) is 85.8 Å². The maximum atomic E-state index is 13.0. The van der Waals surface area contributed by atoms with E-state index in [1.165, 1.54) is 23.1 Å². The molecule has 0 saturated heterocycles. The van der Waals surface area contributed by atoms with E-state index in [0.29, 0.717) is 33.2 Å². The number of nitrogens with one attached hydrogen (secondary N) is 2. The van der Waals surface area contributed by atoms with Crippen LogP contribution in [0.5, 0.6) is 0 Å². The summed E-state index contributed by atoms with van der Waals surface area (Å²) in [6.45, 7) is 10.2. The van der Waals surface area contributed by atoms with E-state index in [1.807, 2.05) is 55.7 Å². The van der Waals surface area contributed by atoms with Crippen LogP contribution in [0.15, 0.2) is 72.4 Å². The van der Waals surface area contributed by atoms with E-state index in [4.69, 9.17) is 11.6 Å². The number of nitrogens with zero attached hydrogens (tertiary/aromatic N) is 4. The second-order valence-corrected chi connectivity index (χ2v) is 11.6. The van der Waals surface area contributed by atoms with Crippen LogP contribution in [-0.2, 0) is 11.3 Å². The van der Waals surface area contributed by atoms with Crippen molar-refractivity contribution in [2.45, 2.75) is 38.5 Å². The quantitative estimate of drug-likeness (QED) is 0.157. The highest BCUT2D eigenvalue weighted by Gasteiger charge is 2.27. The molecule has 4 rings (SSSR count). The lowest BCUT2D eigenvalue weighted by Gasteiger charge is -2.22. The number of benzene rings is 2. The van der Waals surface area contributed by atoms with Crippen LogP contribution in [0.1, 0.15) is 40.9 Å². The van der Waals surface area contributed by atoms with E-state index >= 15 is 0 Å². The molecule has 39 heavy (non-hydrogen) atoms. The van der Waals surface area contributed by atoms with Crippen LogP contribution in [0, 0.1) is 12.8 Å². The largest absolute Gasteiger partial charge is 0.342 e. The summed E-state index contributed by atoms with van der Waals surface area (Å²) in [6.07, 6.45) is 1.73. The second kappa shape index (κ2) is 13.1. The fourth-order valence-corrected chi connectivity index (χ4v) is 5.76. The van der Waals surface area contributed by atoms with Crippen molar-refractivity contribution >= 4 is 51.6 Å². The number of anilines is 1. The number of thioether (sulfide) groups is 1. The normalized spacial score (nSPS) is 11.8. The summed E-state index contributed by atoms with van der Waals surface area (Å²) in [4.78, 5) is 31.4. The molecule has 0 bridgehead atoms. The monoisotopic (exact) mass is 580 g/mol. The molecular formula is C28H29ClN6O2S2. The SMILES string of the molecule is C=CCn1c(SCC(=O)Nc2nc(-c3ccccc3)c(C)s2)nnc1C(NC(=O)c1ccccc1Cl)C(C)C. The zero-order valence-corrected chi connectivity index (χ0v) is 24.2. The summed E-state index contributed by atoms with van der Waals surface area (Å²) in [7, 11) is 0. The maximum Gasteiger partial charge on any atom is 0.253 e. The summed E-state index contributed by atoms with van der Waals surface area (Å²) in [6, 6.07) is 16.3. The lowest BCUT2D eigenvalue weighted by Crippen LogP contribution is -2.34. The highest BCUT2D eigenvalue weighted by Crippen LogP contribution is 2.31. The smallest absolute Gasteiger partial charge is 0.253 e. The molecule has 0 spiro atoms. The van der Waals surface area contributed by atoms with Crippen LogP contribution in [0.25, 0.3) is 11.3 Å². The summed E-state index contributed by atoms with van der Waals surface area (Å²) < 4.78 is 1.86. The number of hydrogen-bond acceptors (Lipinski definition) is 7. The highest BCUT2D eigenvalue weighted by molar-refractivity contribution is 7.99. The summed E-state index contributed by atoms with van der Waals surface area (Å²) in [5.74, 6) is 0.214. The molecule has 1 unspecified atom stereocenters. The molecule has 2 aromatic heterocycles. The zero-order chi connectivity index (χ0) is 27.9. The van der Waals surface area contributed by atoms with Gasteiger partial charge in [0.05, 0.1) is 28.1 Å². The van der Waals surface area contributed by atoms with Gasteiger partial charge in [0.2, 0.25) is 5.91 Å². The number of halogens is 1. The Morgan fingerprint density at radius 2 is 1.85 bits per heavy atom. The van der Waals surface area contributed by atoms with E-state index in [1.54, 1.807) is 30.3 Å². The first-order chi connectivity index (χ1) is 18.8. The molecule has 11 heteroatoms. The Morgan fingerprint density at radius 1 is 1.13 bits per heavy atom. The molecule has 0 radical (unpaired) electrons. The van der Waals surface area contributed by atoms with Crippen LogP contribution in [0.3, 0.4) is 0 Å². The maximum absolute atomic E-state index is 13.0. The van der Waals surface area contributed by atoms with E-state index in [2.05, 4.69) is 32.4 Å². The predicted molar refractivity (Wildman–Crippen MR) is 158 cm³/mol. The molecule has 2 amide bonds. The average molecular weight is 581 g/mol. The molecule has 0 aliphatic rings. The molecule has 0 aliphatic carbocycles. The minimum atomic E-state index is -0.431. The minimum Gasteiger partial charge on any atom is -0.342 e. The van der Waals surface area contributed by atoms with E-state index in [-0.39, 0.29) is 23.5 Å².